The molecule has 1 fully saturated rings. The maximum Gasteiger partial charge on any atom is 0.246 e. The Morgan fingerprint density at radius 1 is 1.41 bits per heavy atom. The van der Waals surface area contributed by atoms with Crippen molar-refractivity contribution < 1.29 is 14.3 Å². The number of nitrogens with one attached hydrogen (secondary N) is 1. The SMILES string of the molecule is CCOCCCN1C(=O)C(C)NC(=O)C1(C)C. The fourth-order valence-corrected chi connectivity index (χ4v) is 1.93. The van der Waals surface area contributed by atoms with Crippen molar-refractivity contribution >= 4 is 11.8 Å². The molecule has 1 atom stereocenters. The largest absolute Gasteiger partial charge is 0.382 e. The predicted octanol–water partition coefficient (Wildman–Crippen LogP) is 0.539. The molecule has 0 radical (unpaired) electrons. The number of carbonyl (C=O) groups excluding carboxylic acids is 2. The molecule has 0 spiro atoms. The first-order valence-electron chi connectivity index (χ1n) is 6.11. The van der Waals surface area contributed by atoms with E-state index in [9.17, 15) is 9.59 Å². The van der Waals surface area contributed by atoms with Crippen molar-refractivity contribution in [1.82, 2.24) is 10.2 Å². The van der Waals surface area contributed by atoms with Gasteiger partial charge >= 0.3 is 0 Å². The summed E-state index contributed by atoms with van der Waals surface area (Å²) in [5.74, 6) is -0.118. The van der Waals surface area contributed by atoms with E-state index in [0.29, 0.717) is 19.8 Å². The third kappa shape index (κ3) is 2.97. The van der Waals surface area contributed by atoms with Gasteiger partial charge in [0.2, 0.25) is 11.8 Å². The lowest BCUT2D eigenvalue weighted by Gasteiger charge is -2.43. The molecule has 1 heterocycles. The highest BCUT2D eigenvalue weighted by molar-refractivity contribution is 5.99. The average molecular weight is 242 g/mol. The van der Waals surface area contributed by atoms with Crippen LogP contribution in [0, 0.1) is 0 Å². The molecule has 5 heteroatoms. The van der Waals surface area contributed by atoms with Gasteiger partial charge in [-0.2, -0.15) is 0 Å². The minimum atomic E-state index is -0.768. The van der Waals surface area contributed by atoms with Gasteiger partial charge in [0.05, 0.1) is 0 Å². The Morgan fingerprint density at radius 2 is 2.06 bits per heavy atom. The lowest BCUT2D eigenvalue weighted by atomic mass is 9.96. The number of nitrogens with zero attached hydrogens (tertiary/aromatic N) is 1. The molecule has 2 amide bonds. The van der Waals surface area contributed by atoms with E-state index in [1.165, 1.54) is 0 Å². The second-order valence-electron chi connectivity index (χ2n) is 4.79. The Kier molecular flexibility index (Phi) is 4.51. The van der Waals surface area contributed by atoms with Crippen LogP contribution in [0.5, 0.6) is 0 Å². The summed E-state index contributed by atoms with van der Waals surface area (Å²) in [4.78, 5) is 25.5. The van der Waals surface area contributed by atoms with Crippen LogP contribution in [0.25, 0.3) is 0 Å². The summed E-state index contributed by atoms with van der Waals surface area (Å²) in [5.41, 5.74) is -0.768. The average Bonchev–Trinajstić information content (AvgIpc) is 2.26. The van der Waals surface area contributed by atoms with Gasteiger partial charge in [0.15, 0.2) is 0 Å². The van der Waals surface area contributed by atoms with Crippen molar-refractivity contribution in [2.75, 3.05) is 19.8 Å². The maximum absolute atomic E-state index is 12.0. The first-order valence-corrected chi connectivity index (χ1v) is 6.11. The summed E-state index contributed by atoms with van der Waals surface area (Å²) in [7, 11) is 0. The van der Waals surface area contributed by atoms with Gasteiger partial charge in [-0.3, -0.25) is 9.59 Å². The molecule has 1 aliphatic rings. The van der Waals surface area contributed by atoms with Crippen molar-refractivity contribution in [3.63, 3.8) is 0 Å². The van der Waals surface area contributed by atoms with Gasteiger partial charge < -0.3 is 15.0 Å². The van der Waals surface area contributed by atoms with E-state index in [1.54, 1.807) is 25.7 Å². The van der Waals surface area contributed by atoms with Crippen LogP contribution in [0.15, 0.2) is 0 Å². The van der Waals surface area contributed by atoms with Gasteiger partial charge in [0.25, 0.3) is 0 Å². The van der Waals surface area contributed by atoms with Gasteiger partial charge in [-0.15, -0.1) is 0 Å². The van der Waals surface area contributed by atoms with Crippen LogP contribution >= 0.6 is 0 Å². The molecule has 5 nitrogen and oxygen atoms in total. The summed E-state index contributed by atoms with van der Waals surface area (Å²) in [6.07, 6.45) is 0.753. The van der Waals surface area contributed by atoms with Crippen molar-refractivity contribution in [1.29, 1.82) is 0 Å². The van der Waals surface area contributed by atoms with Crippen molar-refractivity contribution in [2.45, 2.75) is 45.7 Å². The molecule has 98 valence electrons. The molecule has 1 rings (SSSR count). The summed E-state index contributed by atoms with van der Waals surface area (Å²) in [6, 6.07) is -0.428. The Balaban J connectivity index is 2.64. The number of hydrogen-bond donors (Lipinski definition) is 1. The standard InChI is InChI=1S/C12H22N2O3/c1-5-17-8-6-7-14-10(15)9(2)13-11(16)12(14,3)4/h9H,5-8H2,1-4H3,(H,13,16). The monoisotopic (exact) mass is 242 g/mol. The Hall–Kier alpha value is -1.10. The van der Waals surface area contributed by atoms with Crippen LogP contribution in [0.3, 0.4) is 0 Å². The fraction of sp³-hybridized carbons (Fsp3) is 0.833. The Bertz CT molecular complexity index is 302. The van der Waals surface area contributed by atoms with Crippen molar-refractivity contribution in [3.8, 4) is 0 Å². The van der Waals surface area contributed by atoms with E-state index < -0.39 is 11.6 Å². The van der Waals surface area contributed by atoms with E-state index in [1.807, 2.05) is 6.92 Å². The van der Waals surface area contributed by atoms with Gasteiger partial charge in [-0.05, 0) is 34.1 Å². The van der Waals surface area contributed by atoms with E-state index in [0.717, 1.165) is 6.42 Å². The van der Waals surface area contributed by atoms with Crippen LogP contribution in [0.1, 0.15) is 34.1 Å². The number of rotatable bonds is 5. The predicted molar refractivity (Wildman–Crippen MR) is 64.5 cm³/mol. The normalized spacial score (nSPS) is 23.8. The molecule has 1 aliphatic heterocycles. The molecule has 17 heavy (non-hydrogen) atoms. The zero-order chi connectivity index (χ0) is 13.1. The summed E-state index contributed by atoms with van der Waals surface area (Å²) in [6.45, 7) is 9.04. The minimum Gasteiger partial charge on any atom is -0.382 e. The van der Waals surface area contributed by atoms with E-state index >= 15 is 0 Å². The molecular weight excluding hydrogens is 220 g/mol. The molecule has 0 bridgehead atoms. The molecule has 0 aliphatic carbocycles. The number of piperazine rings is 1. The van der Waals surface area contributed by atoms with Crippen molar-refractivity contribution in [3.05, 3.63) is 0 Å². The van der Waals surface area contributed by atoms with Crippen molar-refractivity contribution in [2.24, 2.45) is 0 Å². The van der Waals surface area contributed by atoms with Crippen LogP contribution in [0.2, 0.25) is 0 Å². The zero-order valence-electron chi connectivity index (χ0n) is 11.1. The first-order chi connectivity index (χ1) is 7.91. The molecule has 1 N–H and O–H groups in total. The fourth-order valence-electron chi connectivity index (χ4n) is 1.93. The second kappa shape index (κ2) is 5.49. The van der Waals surface area contributed by atoms with Crippen LogP contribution in [0.4, 0.5) is 0 Å². The van der Waals surface area contributed by atoms with Gasteiger partial charge in [-0.1, -0.05) is 0 Å². The zero-order valence-corrected chi connectivity index (χ0v) is 11.1. The van der Waals surface area contributed by atoms with E-state index in [4.69, 9.17) is 4.74 Å². The Labute approximate surface area is 102 Å². The Morgan fingerprint density at radius 3 is 2.65 bits per heavy atom. The van der Waals surface area contributed by atoms with E-state index in [-0.39, 0.29) is 11.8 Å². The van der Waals surface area contributed by atoms with Crippen LogP contribution in [-0.4, -0.2) is 48.1 Å². The third-order valence-electron chi connectivity index (χ3n) is 3.09. The number of amides is 2. The molecule has 0 aromatic heterocycles. The molecule has 0 saturated carbocycles. The smallest absolute Gasteiger partial charge is 0.246 e. The second-order valence-corrected chi connectivity index (χ2v) is 4.79. The number of ether oxygens (including phenoxy) is 1. The molecule has 0 aromatic carbocycles. The number of hydrogen-bond acceptors (Lipinski definition) is 3. The topological polar surface area (TPSA) is 58.6 Å². The quantitative estimate of drug-likeness (QED) is 0.716. The van der Waals surface area contributed by atoms with Gasteiger partial charge in [0, 0.05) is 19.8 Å². The van der Waals surface area contributed by atoms with Gasteiger partial charge in [-0.25, -0.2) is 0 Å². The molecule has 1 unspecified atom stereocenters. The lowest BCUT2D eigenvalue weighted by Crippen LogP contribution is -2.67. The van der Waals surface area contributed by atoms with Crippen LogP contribution in [-0.2, 0) is 14.3 Å². The molecule has 1 saturated heterocycles. The summed E-state index contributed by atoms with van der Waals surface area (Å²) < 4.78 is 5.24. The summed E-state index contributed by atoms with van der Waals surface area (Å²) in [5, 5.41) is 2.69. The maximum atomic E-state index is 12.0. The highest BCUT2D eigenvalue weighted by Gasteiger charge is 2.44. The highest BCUT2D eigenvalue weighted by atomic mass is 16.5. The van der Waals surface area contributed by atoms with Crippen LogP contribution < -0.4 is 5.32 Å². The summed E-state index contributed by atoms with van der Waals surface area (Å²) >= 11 is 0. The molecular formula is C12H22N2O3. The minimum absolute atomic E-state index is 0.0221. The lowest BCUT2D eigenvalue weighted by molar-refractivity contribution is -0.154. The highest BCUT2D eigenvalue weighted by Crippen LogP contribution is 2.21. The van der Waals surface area contributed by atoms with Gasteiger partial charge in [0.1, 0.15) is 11.6 Å². The van der Waals surface area contributed by atoms with E-state index in [2.05, 4.69) is 5.32 Å². The number of carbonyl (C=O) groups is 2. The molecule has 0 aromatic rings. The first kappa shape index (κ1) is 14.0. The third-order valence-corrected chi connectivity index (χ3v) is 3.09.